The summed E-state index contributed by atoms with van der Waals surface area (Å²) in [5.41, 5.74) is 0.320. The van der Waals surface area contributed by atoms with Crippen molar-refractivity contribution in [2.45, 2.75) is 45.4 Å². The molecule has 1 saturated carbocycles. The van der Waals surface area contributed by atoms with Gasteiger partial charge in [0.05, 0.1) is 12.7 Å². The maximum absolute atomic E-state index is 12.6. The molecular weight excluding hydrogens is 330 g/mol. The van der Waals surface area contributed by atoms with Gasteiger partial charge in [0.2, 0.25) is 5.91 Å². The number of aryl methyl sites for hydroxylation is 1. The van der Waals surface area contributed by atoms with Gasteiger partial charge in [-0.25, -0.2) is 4.79 Å². The summed E-state index contributed by atoms with van der Waals surface area (Å²) in [5.74, 6) is -3.44. The van der Waals surface area contributed by atoms with Crippen LogP contribution in [0.25, 0.3) is 0 Å². The van der Waals surface area contributed by atoms with Gasteiger partial charge in [-0.05, 0) is 25.3 Å². The Morgan fingerprint density at radius 3 is 2.54 bits per heavy atom. The van der Waals surface area contributed by atoms with Crippen LogP contribution in [-0.4, -0.2) is 25.0 Å². The molecule has 132 valence electrons. The van der Waals surface area contributed by atoms with Crippen LogP contribution in [0.4, 0.5) is 5.00 Å². The van der Waals surface area contributed by atoms with Crippen molar-refractivity contribution < 1.29 is 24.2 Å². The van der Waals surface area contributed by atoms with Crippen LogP contribution in [0.15, 0.2) is 6.07 Å². The highest BCUT2D eigenvalue weighted by molar-refractivity contribution is 7.16. The first-order valence-electron chi connectivity index (χ1n) is 8.20. The van der Waals surface area contributed by atoms with E-state index < -0.39 is 23.8 Å². The van der Waals surface area contributed by atoms with E-state index in [9.17, 15) is 19.5 Å². The van der Waals surface area contributed by atoms with E-state index in [1.54, 1.807) is 6.07 Å². The zero-order chi connectivity index (χ0) is 17.7. The predicted octanol–water partition coefficient (Wildman–Crippen LogP) is 1.98. The molecule has 1 aliphatic rings. The SMILES string of the molecule is CCCc1cc(C(=O)OC)c(NC(=O)[C@@H]2CCCC[C@H]2C(=O)[O-])s1. The maximum atomic E-state index is 12.6. The first-order chi connectivity index (χ1) is 11.5. The minimum atomic E-state index is -1.18. The van der Waals surface area contributed by atoms with Crippen molar-refractivity contribution in [2.24, 2.45) is 11.8 Å². The maximum Gasteiger partial charge on any atom is 0.340 e. The number of carbonyl (C=O) groups is 3. The van der Waals surface area contributed by atoms with Crippen molar-refractivity contribution in [2.75, 3.05) is 12.4 Å². The molecule has 1 aromatic heterocycles. The fourth-order valence-corrected chi connectivity index (χ4v) is 4.25. The lowest BCUT2D eigenvalue weighted by Gasteiger charge is -2.31. The van der Waals surface area contributed by atoms with Gasteiger partial charge in [-0.1, -0.05) is 26.2 Å². The van der Waals surface area contributed by atoms with Gasteiger partial charge < -0.3 is 20.0 Å². The first-order valence-corrected chi connectivity index (χ1v) is 9.02. The molecule has 1 heterocycles. The summed E-state index contributed by atoms with van der Waals surface area (Å²) in [4.78, 5) is 36.7. The number of ether oxygens (including phenoxy) is 1. The molecule has 0 spiro atoms. The standard InChI is InChI=1S/C17H23NO5S/c1-3-6-10-9-13(17(22)23-2)15(24-10)18-14(19)11-7-4-5-8-12(11)16(20)21/h9,11-12H,3-8H2,1-2H3,(H,18,19)(H,20,21)/p-1/t11-,12-/m1/s1. The summed E-state index contributed by atoms with van der Waals surface area (Å²) >= 11 is 1.33. The molecule has 1 fully saturated rings. The van der Waals surface area contributed by atoms with Gasteiger partial charge in [0.1, 0.15) is 5.00 Å². The third kappa shape index (κ3) is 4.14. The second-order valence-corrected chi connectivity index (χ2v) is 7.14. The Morgan fingerprint density at radius 1 is 1.29 bits per heavy atom. The second-order valence-electron chi connectivity index (χ2n) is 6.00. The van der Waals surface area contributed by atoms with Gasteiger partial charge in [-0.15, -0.1) is 11.3 Å². The monoisotopic (exact) mass is 352 g/mol. The number of methoxy groups -OCH3 is 1. The summed E-state index contributed by atoms with van der Waals surface area (Å²) in [6.07, 6.45) is 4.30. The summed E-state index contributed by atoms with van der Waals surface area (Å²) in [5, 5.41) is 14.4. The third-order valence-corrected chi connectivity index (χ3v) is 5.44. The van der Waals surface area contributed by atoms with Crippen LogP contribution in [0.2, 0.25) is 0 Å². The lowest BCUT2D eigenvalue weighted by atomic mass is 9.79. The Morgan fingerprint density at radius 2 is 1.96 bits per heavy atom. The average molecular weight is 352 g/mol. The van der Waals surface area contributed by atoms with Gasteiger partial charge in [-0.3, -0.25) is 4.79 Å². The third-order valence-electron chi connectivity index (χ3n) is 4.33. The highest BCUT2D eigenvalue weighted by atomic mass is 32.1. The van der Waals surface area contributed by atoms with E-state index in [0.29, 0.717) is 23.4 Å². The van der Waals surface area contributed by atoms with Crippen molar-refractivity contribution >= 4 is 34.2 Å². The van der Waals surface area contributed by atoms with Gasteiger partial charge >= 0.3 is 5.97 Å². The summed E-state index contributed by atoms with van der Waals surface area (Å²) in [6.45, 7) is 2.03. The quantitative estimate of drug-likeness (QED) is 0.790. The molecular formula is C17H22NO5S-. The van der Waals surface area contributed by atoms with Crippen LogP contribution in [0.3, 0.4) is 0 Å². The number of amides is 1. The Hall–Kier alpha value is -1.89. The van der Waals surface area contributed by atoms with Crippen molar-refractivity contribution in [3.63, 3.8) is 0 Å². The molecule has 1 amide bonds. The highest BCUT2D eigenvalue weighted by Gasteiger charge is 2.32. The van der Waals surface area contributed by atoms with Gasteiger partial charge in [0, 0.05) is 22.7 Å². The van der Waals surface area contributed by atoms with Crippen LogP contribution < -0.4 is 10.4 Å². The second kappa shape index (κ2) is 8.28. The molecule has 0 aliphatic heterocycles. The molecule has 2 atom stereocenters. The number of carbonyl (C=O) groups excluding carboxylic acids is 3. The first kappa shape index (κ1) is 18.4. The molecule has 0 bridgehead atoms. The number of aliphatic carboxylic acids is 1. The Bertz CT molecular complexity index is 624. The fraction of sp³-hybridized carbons (Fsp3) is 0.588. The van der Waals surface area contributed by atoms with E-state index in [4.69, 9.17) is 4.74 Å². The van der Waals surface area contributed by atoms with Gasteiger partial charge in [-0.2, -0.15) is 0 Å². The molecule has 7 heteroatoms. The summed E-state index contributed by atoms with van der Waals surface area (Å²) in [6, 6.07) is 1.73. The number of carboxylic acids is 1. The van der Waals surface area contributed by atoms with Crippen LogP contribution in [-0.2, 0) is 20.7 Å². The Kier molecular flexibility index (Phi) is 6.36. The Labute approximate surface area is 145 Å². The number of rotatable bonds is 6. The molecule has 24 heavy (non-hydrogen) atoms. The average Bonchev–Trinajstić information content (AvgIpc) is 2.96. The summed E-state index contributed by atoms with van der Waals surface area (Å²) < 4.78 is 4.77. The number of carboxylic acid groups (broad SMARTS) is 1. The van der Waals surface area contributed by atoms with Crippen LogP contribution in [0, 0.1) is 11.8 Å². The number of nitrogens with one attached hydrogen (secondary N) is 1. The molecule has 0 unspecified atom stereocenters. The molecule has 6 nitrogen and oxygen atoms in total. The predicted molar refractivity (Wildman–Crippen MR) is 88.7 cm³/mol. The van der Waals surface area contributed by atoms with Crippen molar-refractivity contribution in [3.8, 4) is 0 Å². The zero-order valence-corrected chi connectivity index (χ0v) is 14.7. The highest BCUT2D eigenvalue weighted by Crippen LogP contribution is 2.34. The minimum Gasteiger partial charge on any atom is -0.550 e. The molecule has 0 aromatic carbocycles. The molecule has 0 radical (unpaired) electrons. The number of thiophene rings is 1. The number of hydrogen-bond acceptors (Lipinski definition) is 6. The number of anilines is 1. The number of hydrogen-bond donors (Lipinski definition) is 1. The largest absolute Gasteiger partial charge is 0.550 e. The zero-order valence-electron chi connectivity index (χ0n) is 13.9. The molecule has 0 saturated heterocycles. The van der Waals surface area contributed by atoms with E-state index in [2.05, 4.69) is 5.32 Å². The number of esters is 1. The van der Waals surface area contributed by atoms with Crippen LogP contribution in [0.1, 0.15) is 54.3 Å². The Balaban J connectivity index is 2.20. The van der Waals surface area contributed by atoms with Crippen molar-refractivity contribution in [1.29, 1.82) is 0 Å². The van der Waals surface area contributed by atoms with Crippen LogP contribution >= 0.6 is 11.3 Å². The molecule has 1 aromatic rings. The van der Waals surface area contributed by atoms with E-state index in [-0.39, 0.29) is 5.91 Å². The van der Waals surface area contributed by atoms with E-state index in [1.165, 1.54) is 18.4 Å². The smallest absolute Gasteiger partial charge is 0.340 e. The molecule has 1 N–H and O–H groups in total. The van der Waals surface area contributed by atoms with Crippen molar-refractivity contribution in [3.05, 3.63) is 16.5 Å². The van der Waals surface area contributed by atoms with E-state index >= 15 is 0 Å². The molecule has 1 aliphatic carbocycles. The van der Waals surface area contributed by atoms with Gasteiger partial charge in [0.15, 0.2) is 0 Å². The van der Waals surface area contributed by atoms with Gasteiger partial charge in [0.25, 0.3) is 0 Å². The lowest BCUT2D eigenvalue weighted by molar-refractivity contribution is -0.313. The summed E-state index contributed by atoms with van der Waals surface area (Å²) in [7, 11) is 1.29. The fourth-order valence-electron chi connectivity index (χ4n) is 3.10. The lowest BCUT2D eigenvalue weighted by Crippen LogP contribution is -2.42. The topological polar surface area (TPSA) is 95.5 Å². The van der Waals surface area contributed by atoms with E-state index in [0.717, 1.165) is 30.6 Å². The normalized spacial score (nSPS) is 20.4. The molecule has 2 rings (SSSR count). The minimum absolute atomic E-state index is 0.320. The van der Waals surface area contributed by atoms with Crippen molar-refractivity contribution in [1.82, 2.24) is 0 Å². The van der Waals surface area contributed by atoms with E-state index in [1.807, 2.05) is 6.92 Å². The van der Waals surface area contributed by atoms with Crippen LogP contribution in [0.5, 0.6) is 0 Å².